The number of aliphatic hydroxyl groups is 1. The number of hydrogen-bond donors (Lipinski definition) is 1. The van der Waals surface area contributed by atoms with Crippen LogP contribution < -0.4 is 0 Å². The minimum absolute atomic E-state index is 0.0353. The number of aliphatic hydroxyl groups excluding tert-OH is 1. The average Bonchev–Trinajstić information content (AvgIpc) is 2.25. The third-order valence-electron chi connectivity index (χ3n) is 2.30. The maximum absolute atomic E-state index is 12.5. The van der Waals surface area contributed by atoms with Crippen LogP contribution in [0.1, 0.15) is 22.6 Å². The van der Waals surface area contributed by atoms with Crippen molar-refractivity contribution < 1.29 is 31.4 Å². The Bertz CT molecular complexity index is 388. The van der Waals surface area contributed by atoms with Gasteiger partial charge in [0.25, 0.3) is 0 Å². The van der Waals surface area contributed by atoms with Crippen LogP contribution in [0.15, 0.2) is 18.2 Å². The van der Waals surface area contributed by atoms with Crippen LogP contribution in [-0.2, 0) is 12.4 Å². The summed E-state index contributed by atoms with van der Waals surface area (Å²) in [5.41, 5.74) is -3.12. The molecule has 0 aliphatic carbocycles. The Kier molecular flexibility index (Phi) is 3.95. The third kappa shape index (κ3) is 3.38. The van der Waals surface area contributed by atoms with Crippen LogP contribution in [0, 0.1) is 6.92 Å². The molecule has 0 aliphatic heterocycles. The molecule has 0 aliphatic rings. The van der Waals surface area contributed by atoms with Gasteiger partial charge in [0.15, 0.2) is 0 Å². The molecule has 1 radical (unpaired) electrons. The van der Waals surface area contributed by atoms with Gasteiger partial charge < -0.3 is 5.11 Å². The second-order valence-electron chi connectivity index (χ2n) is 3.72. The van der Waals surface area contributed by atoms with Gasteiger partial charge in [0.1, 0.15) is 0 Å². The van der Waals surface area contributed by atoms with Crippen LogP contribution in [0.5, 0.6) is 0 Å². The smallest absolute Gasteiger partial charge is 0.396 e. The molecular weight excluding hydrogens is 262 g/mol. The summed E-state index contributed by atoms with van der Waals surface area (Å²) in [6, 6.07) is 1.15. The Labute approximate surface area is 99.0 Å². The minimum Gasteiger partial charge on any atom is -0.396 e. The van der Waals surface area contributed by atoms with Crippen LogP contribution in [0.2, 0.25) is 0 Å². The lowest BCUT2D eigenvalue weighted by atomic mass is 9.96. The molecule has 101 valence electrons. The molecule has 0 spiro atoms. The lowest BCUT2D eigenvalue weighted by Gasteiger charge is -2.16. The van der Waals surface area contributed by atoms with Crippen molar-refractivity contribution in [3.63, 3.8) is 0 Å². The molecule has 7 heteroatoms. The van der Waals surface area contributed by atoms with E-state index in [1.54, 1.807) is 0 Å². The molecule has 1 atom stereocenters. The van der Waals surface area contributed by atoms with E-state index in [9.17, 15) is 26.3 Å². The Balaban J connectivity index is 3.39. The lowest BCUT2D eigenvalue weighted by Crippen LogP contribution is -2.13. The first-order chi connectivity index (χ1) is 8.05. The van der Waals surface area contributed by atoms with E-state index in [1.807, 2.05) is 0 Å². The molecule has 0 saturated heterocycles. The van der Waals surface area contributed by atoms with Crippen molar-refractivity contribution in [3.8, 4) is 0 Å². The van der Waals surface area contributed by atoms with Gasteiger partial charge in [-0.25, -0.2) is 0 Å². The van der Waals surface area contributed by atoms with Crippen molar-refractivity contribution in [2.24, 2.45) is 0 Å². The fraction of sp³-hybridized carbons (Fsp3) is 0.364. The van der Waals surface area contributed by atoms with Gasteiger partial charge >= 0.3 is 12.4 Å². The molecule has 1 rings (SSSR count). The van der Waals surface area contributed by atoms with E-state index in [-0.39, 0.29) is 11.6 Å². The zero-order valence-electron chi connectivity index (χ0n) is 8.94. The summed E-state index contributed by atoms with van der Waals surface area (Å²) >= 11 is 0. The Morgan fingerprint density at radius 3 is 1.61 bits per heavy atom. The first kappa shape index (κ1) is 14.8. The third-order valence-corrected chi connectivity index (χ3v) is 2.30. The van der Waals surface area contributed by atoms with Crippen molar-refractivity contribution >= 4 is 0 Å². The predicted octanol–water partition coefficient (Wildman–Crippen LogP) is 3.63. The number of halogens is 6. The van der Waals surface area contributed by atoms with E-state index in [2.05, 4.69) is 6.92 Å². The van der Waals surface area contributed by atoms with Crippen molar-refractivity contribution in [2.45, 2.75) is 18.3 Å². The minimum atomic E-state index is -4.88. The normalized spacial score (nSPS) is 14.7. The fourth-order valence-corrected chi connectivity index (χ4v) is 1.32. The molecule has 0 bridgehead atoms. The van der Waals surface area contributed by atoms with Crippen molar-refractivity contribution in [3.05, 3.63) is 41.8 Å². The molecule has 0 amide bonds. The van der Waals surface area contributed by atoms with Gasteiger partial charge in [0.05, 0.1) is 11.1 Å². The van der Waals surface area contributed by atoms with Crippen molar-refractivity contribution in [1.29, 1.82) is 0 Å². The molecule has 0 heterocycles. The maximum Gasteiger partial charge on any atom is 0.416 e. The molecule has 0 aromatic heterocycles. The van der Waals surface area contributed by atoms with Gasteiger partial charge in [-0.3, -0.25) is 0 Å². The zero-order chi connectivity index (χ0) is 14.1. The van der Waals surface area contributed by atoms with Crippen molar-refractivity contribution in [2.75, 3.05) is 6.61 Å². The number of benzene rings is 1. The summed E-state index contributed by atoms with van der Waals surface area (Å²) in [6.45, 7) is 2.65. The highest BCUT2D eigenvalue weighted by molar-refractivity contribution is 5.35. The highest BCUT2D eigenvalue weighted by atomic mass is 19.4. The number of rotatable bonds is 2. The lowest BCUT2D eigenvalue weighted by molar-refractivity contribution is -0.143. The quantitative estimate of drug-likeness (QED) is 0.814. The van der Waals surface area contributed by atoms with Crippen LogP contribution in [-0.4, -0.2) is 11.7 Å². The highest BCUT2D eigenvalue weighted by Crippen LogP contribution is 2.37. The second kappa shape index (κ2) is 4.79. The van der Waals surface area contributed by atoms with Gasteiger partial charge in [0.2, 0.25) is 0 Å². The van der Waals surface area contributed by atoms with Gasteiger partial charge in [-0.05, 0) is 30.7 Å². The maximum atomic E-state index is 12.5. The van der Waals surface area contributed by atoms with Gasteiger partial charge in [-0.1, -0.05) is 0 Å². The van der Waals surface area contributed by atoms with Crippen LogP contribution in [0.25, 0.3) is 0 Å². The summed E-state index contributed by atoms with van der Waals surface area (Å²) < 4.78 is 74.7. The Morgan fingerprint density at radius 2 is 1.33 bits per heavy atom. The summed E-state index contributed by atoms with van der Waals surface area (Å²) in [6.07, 6.45) is -9.77. The number of hydrogen-bond acceptors (Lipinski definition) is 1. The van der Waals surface area contributed by atoms with Gasteiger partial charge in [-0.2, -0.15) is 26.3 Å². The summed E-state index contributed by atoms with van der Waals surface area (Å²) in [4.78, 5) is 0. The van der Waals surface area contributed by atoms with Crippen LogP contribution >= 0.6 is 0 Å². The van der Waals surface area contributed by atoms with E-state index in [0.717, 1.165) is 0 Å². The topological polar surface area (TPSA) is 20.2 Å². The van der Waals surface area contributed by atoms with Gasteiger partial charge in [0, 0.05) is 12.5 Å². The molecule has 1 N–H and O–H groups in total. The highest BCUT2D eigenvalue weighted by Gasteiger charge is 2.37. The standard InChI is InChI=1S/C11H9F6O/c1-6(5-18)7-2-8(10(12,13)14)4-9(3-7)11(15,16)17/h2-4,6,18H,1,5H2. The Hall–Kier alpha value is -1.24. The van der Waals surface area contributed by atoms with Gasteiger partial charge in [-0.15, -0.1) is 0 Å². The molecule has 0 saturated carbocycles. The van der Waals surface area contributed by atoms with Crippen LogP contribution in [0.4, 0.5) is 26.3 Å². The van der Waals surface area contributed by atoms with E-state index < -0.39 is 36.0 Å². The summed E-state index contributed by atoms with van der Waals surface area (Å²) in [5, 5.41) is 8.75. The van der Waals surface area contributed by atoms with E-state index >= 15 is 0 Å². The molecule has 18 heavy (non-hydrogen) atoms. The van der Waals surface area contributed by atoms with E-state index in [1.165, 1.54) is 0 Å². The molecule has 1 nitrogen and oxygen atoms in total. The molecule has 1 aromatic carbocycles. The predicted molar refractivity (Wildman–Crippen MR) is 51.6 cm³/mol. The van der Waals surface area contributed by atoms with Crippen molar-refractivity contribution in [1.82, 2.24) is 0 Å². The summed E-state index contributed by atoms with van der Waals surface area (Å²) in [7, 11) is 0. The molecule has 1 unspecified atom stereocenters. The van der Waals surface area contributed by atoms with Crippen LogP contribution in [0.3, 0.4) is 0 Å². The van der Waals surface area contributed by atoms with E-state index in [0.29, 0.717) is 12.1 Å². The SMILES string of the molecule is [CH2]C(CO)c1cc(C(F)(F)F)cc(C(F)(F)F)c1. The summed E-state index contributed by atoms with van der Waals surface area (Å²) in [5.74, 6) is -1.05. The molecule has 0 fully saturated rings. The first-order valence-corrected chi connectivity index (χ1v) is 4.79. The molecule has 1 aromatic rings. The zero-order valence-corrected chi connectivity index (χ0v) is 8.94. The Morgan fingerprint density at radius 1 is 0.944 bits per heavy atom. The largest absolute Gasteiger partial charge is 0.416 e. The average molecular weight is 271 g/mol. The molecular formula is C11H9F6O. The number of alkyl halides is 6. The first-order valence-electron chi connectivity index (χ1n) is 4.79. The monoisotopic (exact) mass is 271 g/mol. The second-order valence-corrected chi connectivity index (χ2v) is 3.72. The fourth-order valence-electron chi connectivity index (χ4n) is 1.32. The van der Waals surface area contributed by atoms with E-state index in [4.69, 9.17) is 5.11 Å².